The Balaban J connectivity index is 1.22. The van der Waals surface area contributed by atoms with Crippen LogP contribution in [0.2, 0.25) is 0 Å². The number of halogens is 1. The number of carbonyl (C=O) groups is 2. The molecular weight excluding hydrogens is 548 g/mol. The van der Waals surface area contributed by atoms with Gasteiger partial charge >= 0.3 is 12.1 Å². The lowest BCUT2D eigenvalue weighted by Crippen LogP contribution is -2.60. The molecule has 3 aromatic rings. The van der Waals surface area contributed by atoms with E-state index in [1.807, 2.05) is 41.3 Å². The van der Waals surface area contributed by atoms with Crippen molar-refractivity contribution in [1.29, 1.82) is 0 Å². The largest absolute Gasteiger partial charge is 0.480 e. The summed E-state index contributed by atoms with van der Waals surface area (Å²) in [5.41, 5.74) is 4.59. The zero-order valence-corrected chi connectivity index (χ0v) is 22.5. The number of nitrogens with zero attached hydrogens (tertiary/aromatic N) is 2. The van der Waals surface area contributed by atoms with Crippen molar-refractivity contribution < 1.29 is 24.2 Å². The Bertz CT molecular complexity index is 1300. The molecular formula is C30H29BrN2O5. The average Bonchev–Trinajstić information content (AvgIpc) is 3.24. The first-order chi connectivity index (χ1) is 18.4. The zero-order chi connectivity index (χ0) is 26.3. The van der Waals surface area contributed by atoms with Crippen molar-refractivity contribution in [2.24, 2.45) is 0 Å². The molecule has 3 aliphatic rings. The number of ether oxygens (including phenoxy) is 2. The summed E-state index contributed by atoms with van der Waals surface area (Å²) in [6, 6.07) is 20.2. The third-order valence-corrected chi connectivity index (χ3v) is 8.67. The van der Waals surface area contributed by atoms with Gasteiger partial charge in [0, 0.05) is 41.5 Å². The van der Waals surface area contributed by atoms with E-state index >= 15 is 0 Å². The lowest BCUT2D eigenvalue weighted by Gasteiger charge is -2.52. The number of hydrogen-bond acceptors (Lipinski definition) is 5. The number of aromatic nitrogens is 1. The summed E-state index contributed by atoms with van der Waals surface area (Å²) in [7, 11) is 0. The molecule has 0 saturated carbocycles. The number of fused-ring (bicyclic) bond motifs is 5. The Kier molecular flexibility index (Phi) is 6.70. The van der Waals surface area contributed by atoms with Gasteiger partial charge in [0.15, 0.2) is 0 Å². The molecule has 1 N–H and O–H groups in total. The second kappa shape index (κ2) is 10.2. The van der Waals surface area contributed by atoms with Crippen LogP contribution in [0.15, 0.2) is 71.3 Å². The Morgan fingerprint density at radius 3 is 2.18 bits per heavy atom. The third-order valence-electron chi connectivity index (χ3n) is 8.21. The molecule has 1 aromatic heterocycles. The fraction of sp³-hybridized carbons (Fsp3) is 0.367. The molecule has 38 heavy (non-hydrogen) atoms. The monoisotopic (exact) mass is 576 g/mol. The predicted octanol–water partition coefficient (Wildman–Crippen LogP) is 6.11. The standard InChI is InChI=1S/C30H29BrN2O5/c31-19-12-13-27(32-16-19)30(38-18-28(34)35)14-20-6-5-7-21(15-30)33(20)29(36)37-17-26-24-10-3-1-8-22(24)23-9-2-4-11-25(23)26/h1-4,8-13,16,20-21,26H,5-7,14-15,17-18H2,(H,34,35). The van der Waals surface area contributed by atoms with E-state index in [-0.39, 0.29) is 30.7 Å². The maximum Gasteiger partial charge on any atom is 0.410 e. The number of pyridine rings is 1. The molecule has 3 heterocycles. The van der Waals surface area contributed by atoms with E-state index in [0.717, 1.165) is 23.7 Å². The minimum Gasteiger partial charge on any atom is -0.480 e. The summed E-state index contributed by atoms with van der Waals surface area (Å²) in [4.78, 5) is 31.5. The highest BCUT2D eigenvalue weighted by atomic mass is 79.9. The summed E-state index contributed by atoms with van der Waals surface area (Å²) in [5, 5.41) is 9.37. The highest BCUT2D eigenvalue weighted by Gasteiger charge is 2.51. The summed E-state index contributed by atoms with van der Waals surface area (Å²) in [6.45, 7) is -0.139. The van der Waals surface area contributed by atoms with E-state index in [1.165, 1.54) is 22.3 Å². The van der Waals surface area contributed by atoms with Crippen molar-refractivity contribution in [3.05, 3.63) is 88.2 Å². The Labute approximate surface area is 229 Å². The van der Waals surface area contributed by atoms with Gasteiger partial charge in [-0.1, -0.05) is 48.5 Å². The second-order valence-electron chi connectivity index (χ2n) is 10.4. The zero-order valence-electron chi connectivity index (χ0n) is 20.9. The van der Waals surface area contributed by atoms with Crippen LogP contribution in [0, 0.1) is 0 Å². The SMILES string of the molecule is O=C(O)COC1(c2ccc(Br)cn2)CC2CCCC(C1)N2C(=O)OCC1c2ccccc2-c2ccccc21. The number of benzene rings is 2. The predicted molar refractivity (Wildman–Crippen MR) is 145 cm³/mol. The van der Waals surface area contributed by atoms with Gasteiger partial charge in [-0.25, -0.2) is 9.59 Å². The fourth-order valence-electron chi connectivity index (χ4n) is 6.62. The quantitative estimate of drug-likeness (QED) is 0.381. The number of aliphatic carboxylic acids is 1. The molecule has 2 aliphatic heterocycles. The van der Waals surface area contributed by atoms with Crippen molar-refractivity contribution in [2.75, 3.05) is 13.2 Å². The average molecular weight is 577 g/mol. The smallest absolute Gasteiger partial charge is 0.410 e. The topological polar surface area (TPSA) is 89.0 Å². The molecule has 1 aliphatic carbocycles. The summed E-state index contributed by atoms with van der Waals surface area (Å²) in [5.74, 6) is -1.02. The van der Waals surface area contributed by atoms with Gasteiger partial charge in [0.25, 0.3) is 0 Å². The first-order valence-corrected chi connectivity index (χ1v) is 13.9. The first kappa shape index (κ1) is 25.1. The molecule has 2 saturated heterocycles. The van der Waals surface area contributed by atoms with Gasteiger partial charge in [-0.2, -0.15) is 0 Å². The van der Waals surface area contributed by atoms with Gasteiger partial charge in [-0.15, -0.1) is 0 Å². The van der Waals surface area contributed by atoms with Crippen LogP contribution in [-0.2, 0) is 19.9 Å². The van der Waals surface area contributed by atoms with Gasteiger partial charge < -0.3 is 19.5 Å². The minimum absolute atomic E-state index is 0.000868. The molecule has 196 valence electrons. The number of carboxylic acid groups (broad SMARTS) is 1. The number of hydrogen-bond donors (Lipinski definition) is 1. The van der Waals surface area contributed by atoms with E-state index in [2.05, 4.69) is 45.2 Å². The Hall–Kier alpha value is -3.23. The van der Waals surface area contributed by atoms with Crippen LogP contribution in [0.1, 0.15) is 54.8 Å². The number of rotatable bonds is 6. The molecule has 2 atom stereocenters. The van der Waals surface area contributed by atoms with Gasteiger partial charge in [0.05, 0.1) is 5.69 Å². The molecule has 2 fully saturated rings. The maximum absolute atomic E-state index is 13.6. The highest BCUT2D eigenvalue weighted by Crippen LogP contribution is 2.48. The minimum atomic E-state index is -1.02. The molecule has 1 amide bonds. The number of carboxylic acids is 1. The van der Waals surface area contributed by atoms with Crippen LogP contribution in [0.25, 0.3) is 11.1 Å². The number of amides is 1. The van der Waals surface area contributed by atoms with Crippen molar-refractivity contribution in [1.82, 2.24) is 9.88 Å². The normalized spacial score (nSPS) is 24.0. The molecule has 2 bridgehead atoms. The summed E-state index contributed by atoms with van der Waals surface area (Å²) < 4.78 is 13.0. The Morgan fingerprint density at radius 2 is 1.61 bits per heavy atom. The molecule has 7 nitrogen and oxygen atoms in total. The number of carbonyl (C=O) groups excluding carboxylic acids is 1. The Morgan fingerprint density at radius 1 is 0.974 bits per heavy atom. The maximum atomic E-state index is 13.6. The van der Waals surface area contributed by atoms with Crippen LogP contribution < -0.4 is 0 Å². The number of piperidine rings is 2. The second-order valence-corrected chi connectivity index (χ2v) is 11.3. The molecule has 8 heteroatoms. The van der Waals surface area contributed by atoms with Crippen LogP contribution in [0.3, 0.4) is 0 Å². The van der Waals surface area contributed by atoms with Crippen LogP contribution in [-0.4, -0.2) is 52.4 Å². The summed E-state index contributed by atoms with van der Waals surface area (Å²) >= 11 is 3.43. The van der Waals surface area contributed by atoms with E-state index in [4.69, 9.17) is 9.47 Å². The lowest BCUT2D eigenvalue weighted by molar-refractivity contribution is -0.164. The van der Waals surface area contributed by atoms with Crippen LogP contribution >= 0.6 is 15.9 Å². The van der Waals surface area contributed by atoms with Crippen molar-refractivity contribution in [3.8, 4) is 11.1 Å². The van der Waals surface area contributed by atoms with E-state index < -0.39 is 18.2 Å². The van der Waals surface area contributed by atoms with Crippen molar-refractivity contribution in [3.63, 3.8) is 0 Å². The molecule has 0 spiro atoms. The van der Waals surface area contributed by atoms with E-state index in [9.17, 15) is 14.7 Å². The summed E-state index contributed by atoms with van der Waals surface area (Å²) in [6.07, 6.45) is 4.99. The van der Waals surface area contributed by atoms with Crippen LogP contribution in [0.4, 0.5) is 4.79 Å². The molecule has 2 unspecified atom stereocenters. The van der Waals surface area contributed by atoms with Gasteiger partial charge in [0.2, 0.25) is 0 Å². The lowest BCUT2D eigenvalue weighted by atomic mass is 9.74. The highest BCUT2D eigenvalue weighted by molar-refractivity contribution is 9.10. The third kappa shape index (κ3) is 4.50. The van der Waals surface area contributed by atoms with Gasteiger partial charge in [-0.05, 0) is 69.6 Å². The van der Waals surface area contributed by atoms with Gasteiger partial charge in [-0.3, -0.25) is 4.98 Å². The van der Waals surface area contributed by atoms with Crippen molar-refractivity contribution >= 4 is 28.0 Å². The van der Waals surface area contributed by atoms with Crippen LogP contribution in [0.5, 0.6) is 0 Å². The molecule has 2 aromatic carbocycles. The molecule has 6 rings (SSSR count). The van der Waals surface area contributed by atoms with E-state index in [1.54, 1.807) is 6.20 Å². The first-order valence-electron chi connectivity index (χ1n) is 13.1. The van der Waals surface area contributed by atoms with Gasteiger partial charge in [0.1, 0.15) is 18.8 Å². The fourth-order valence-corrected chi connectivity index (χ4v) is 6.86. The molecule has 0 radical (unpaired) electrons. The van der Waals surface area contributed by atoms with Crippen molar-refractivity contribution in [2.45, 2.75) is 55.7 Å². The van der Waals surface area contributed by atoms with E-state index in [0.29, 0.717) is 18.5 Å².